The molecule has 148 valence electrons. The fourth-order valence-electron chi connectivity index (χ4n) is 3.87. The number of piperidine rings is 1. The maximum Gasteiger partial charge on any atom is 0.306 e. The Morgan fingerprint density at radius 3 is 2.48 bits per heavy atom. The largest absolute Gasteiger partial charge is 0.481 e. The van der Waals surface area contributed by atoms with Crippen molar-refractivity contribution in [2.24, 2.45) is 5.92 Å². The number of aryl methyl sites for hydroxylation is 1. The maximum atomic E-state index is 13.0. The quantitative estimate of drug-likeness (QED) is 0.796. The van der Waals surface area contributed by atoms with E-state index in [4.69, 9.17) is 5.11 Å². The van der Waals surface area contributed by atoms with Crippen molar-refractivity contribution in [3.63, 3.8) is 0 Å². The third kappa shape index (κ3) is 4.32. The third-order valence-electron chi connectivity index (χ3n) is 5.50. The highest BCUT2D eigenvalue weighted by molar-refractivity contribution is 7.89. The van der Waals surface area contributed by atoms with Gasteiger partial charge in [-0.25, -0.2) is 8.42 Å². The predicted molar refractivity (Wildman–Crippen MR) is 100 cm³/mol. The Morgan fingerprint density at radius 2 is 1.85 bits per heavy atom. The molecule has 1 heterocycles. The summed E-state index contributed by atoms with van der Waals surface area (Å²) in [5.41, 5.74) is 0.902. The molecule has 2 atom stereocenters. The van der Waals surface area contributed by atoms with Crippen molar-refractivity contribution in [2.75, 3.05) is 13.1 Å². The van der Waals surface area contributed by atoms with Crippen LogP contribution in [0.2, 0.25) is 0 Å². The van der Waals surface area contributed by atoms with Crippen LogP contribution in [0.15, 0.2) is 23.1 Å². The molecule has 1 aromatic carbocycles. The lowest BCUT2D eigenvalue weighted by atomic mass is 10.1. The second-order valence-corrected chi connectivity index (χ2v) is 9.37. The van der Waals surface area contributed by atoms with Crippen molar-refractivity contribution >= 4 is 21.9 Å². The molecule has 1 amide bonds. The molecule has 3 rings (SSSR count). The Labute approximate surface area is 159 Å². The number of carboxylic acids is 1. The lowest BCUT2D eigenvalue weighted by molar-refractivity contribution is -0.141. The van der Waals surface area contributed by atoms with Crippen LogP contribution in [0.3, 0.4) is 0 Å². The average molecular weight is 394 g/mol. The van der Waals surface area contributed by atoms with Crippen molar-refractivity contribution < 1.29 is 23.1 Å². The number of benzene rings is 1. The van der Waals surface area contributed by atoms with E-state index in [0.717, 1.165) is 19.3 Å². The van der Waals surface area contributed by atoms with Gasteiger partial charge in [-0.05, 0) is 56.7 Å². The van der Waals surface area contributed by atoms with E-state index in [1.54, 1.807) is 19.1 Å². The number of carbonyl (C=O) groups is 2. The highest BCUT2D eigenvalue weighted by Crippen LogP contribution is 2.27. The topological polar surface area (TPSA) is 104 Å². The fourth-order valence-corrected chi connectivity index (χ4v) is 5.64. The first-order chi connectivity index (χ1) is 12.8. The predicted octanol–water partition coefficient (Wildman–Crippen LogP) is 2.15. The molecule has 0 aromatic heterocycles. The van der Waals surface area contributed by atoms with Gasteiger partial charge in [0, 0.05) is 24.7 Å². The van der Waals surface area contributed by atoms with E-state index >= 15 is 0 Å². The molecule has 0 unspecified atom stereocenters. The SMILES string of the molecule is Cc1ccc(C(=O)N[C@@H]2CC[C@H](C(=O)O)C2)cc1S(=O)(=O)N1CCCCC1. The van der Waals surface area contributed by atoms with Gasteiger partial charge in [0.15, 0.2) is 0 Å². The summed E-state index contributed by atoms with van der Waals surface area (Å²) in [5, 5.41) is 11.9. The number of nitrogens with one attached hydrogen (secondary N) is 1. The fraction of sp³-hybridized carbons (Fsp3) is 0.579. The molecule has 8 heteroatoms. The van der Waals surface area contributed by atoms with E-state index in [-0.39, 0.29) is 22.4 Å². The van der Waals surface area contributed by atoms with E-state index < -0.39 is 21.9 Å². The van der Waals surface area contributed by atoms with Crippen LogP contribution < -0.4 is 5.32 Å². The van der Waals surface area contributed by atoms with Crippen LogP contribution in [0.1, 0.15) is 54.4 Å². The van der Waals surface area contributed by atoms with E-state index in [1.165, 1.54) is 10.4 Å². The molecule has 2 aliphatic rings. The molecule has 1 aliphatic carbocycles. The normalized spacial score (nSPS) is 23.9. The Kier molecular flexibility index (Phi) is 5.86. The number of rotatable bonds is 5. The number of hydrogen-bond acceptors (Lipinski definition) is 4. The molecule has 1 aliphatic heterocycles. The Hall–Kier alpha value is -1.93. The maximum absolute atomic E-state index is 13.0. The lowest BCUT2D eigenvalue weighted by Crippen LogP contribution is -2.36. The van der Waals surface area contributed by atoms with Gasteiger partial charge in [0.05, 0.1) is 10.8 Å². The van der Waals surface area contributed by atoms with E-state index in [2.05, 4.69) is 5.32 Å². The minimum Gasteiger partial charge on any atom is -0.481 e. The monoisotopic (exact) mass is 394 g/mol. The van der Waals surface area contributed by atoms with Crippen LogP contribution in [0.5, 0.6) is 0 Å². The van der Waals surface area contributed by atoms with Crippen molar-refractivity contribution in [1.82, 2.24) is 9.62 Å². The number of nitrogens with zero attached hydrogens (tertiary/aromatic N) is 1. The summed E-state index contributed by atoms with van der Waals surface area (Å²) in [5.74, 6) is -1.62. The van der Waals surface area contributed by atoms with Gasteiger partial charge in [-0.1, -0.05) is 12.5 Å². The first-order valence-electron chi connectivity index (χ1n) is 9.43. The molecule has 7 nitrogen and oxygen atoms in total. The molecule has 0 bridgehead atoms. The van der Waals surface area contributed by atoms with Crippen LogP contribution in [0.25, 0.3) is 0 Å². The second-order valence-electron chi connectivity index (χ2n) is 7.46. The molecular weight excluding hydrogens is 368 g/mol. The smallest absolute Gasteiger partial charge is 0.306 e. The van der Waals surface area contributed by atoms with Crippen molar-refractivity contribution in [1.29, 1.82) is 0 Å². The number of carbonyl (C=O) groups excluding carboxylic acids is 1. The van der Waals surface area contributed by atoms with Crippen molar-refractivity contribution in [2.45, 2.75) is 56.4 Å². The Bertz CT molecular complexity index is 831. The lowest BCUT2D eigenvalue weighted by Gasteiger charge is -2.26. The molecule has 27 heavy (non-hydrogen) atoms. The van der Waals surface area contributed by atoms with Gasteiger partial charge in [-0.2, -0.15) is 4.31 Å². The standard InChI is InChI=1S/C19H26N2O5S/c1-13-5-6-14(18(22)20-16-8-7-15(11-16)19(23)24)12-17(13)27(25,26)21-9-3-2-4-10-21/h5-6,12,15-16H,2-4,7-11H2,1H3,(H,20,22)(H,23,24)/t15-,16+/m0/s1. The molecule has 1 saturated heterocycles. The van der Waals surface area contributed by atoms with Crippen LogP contribution in [0, 0.1) is 12.8 Å². The van der Waals surface area contributed by atoms with Crippen LogP contribution in [-0.4, -0.2) is 48.8 Å². The summed E-state index contributed by atoms with van der Waals surface area (Å²) >= 11 is 0. The van der Waals surface area contributed by atoms with E-state index in [9.17, 15) is 18.0 Å². The van der Waals surface area contributed by atoms with Crippen LogP contribution in [0.4, 0.5) is 0 Å². The Balaban J connectivity index is 1.76. The van der Waals surface area contributed by atoms with Gasteiger partial charge in [-0.15, -0.1) is 0 Å². The van der Waals surface area contributed by atoms with Gasteiger partial charge in [0.1, 0.15) is 0 Å². The highest BCUT2D eigenvalue weighted by Gasteiger charge is 2.31. The molecule has 1 aromatic rings. The molecule has 0 spiro atoms. The van der Waals surface area contributed by atoms with Gasteiger partial charge >= 0.3 is 5.97 Å². The number of hydrogen-bond donors (Lipinski definition) is 2. The minimum absolute atomic E-state index is 0.173. The van der Waals surface area contributed by atoms with Crippen molar-refractivity contribution in [3.05, 3.63) is 29.3 Å². The van der Waals surface area contributed by atoms with E-state index in [1.807, 2.05) is 0 Å². The van der Waals surface area contributed by atoms with Gasteiger partial charge < -0.3 is 10.4 Å². The van der Waals surface area contributed by atoms with Crippen LogP contribution in [-0.2, 0) is 14.8 Å². The zero-order chi connectivity index (χ0) is 19.6. The van der Waals surface area contributed by atoms with Crippen molar-refractivity contribution in [3.8, 4) is 0 Å². The summed E-state index contributed by atoms with van der Waals surface area (Å²) in [4.78, 5) is 23.8. The highest BCUT2D eigenvalue weighted by atomic mass is 32.2. The molecule has 2 N–H and O–H groups in total. The molecular formula is C19H26N2O5S. The van der Waals surface area contributed by atoms with E-state index in [0.29, 0.717) is 37.9 Å². The summed E-state index contributed by atoms with van der Waals surface area (Å²) < 4.78 is 27.4. The summed E-state index contributed by atoms with van der Waals surface area (Å²) in [7, 11) is -3.62. The third-order valence-corrected chi connectivity index (χ3v) is 7.54. The van der Waals surface area contributed by atoms with Gasteiger partial charge in [0.25, 0.3) is 5.91 Å². The zero-order valence-electron chi connectivity index (χ0n) is 15.5. The average Bonchev–Trinajstić information content (AvgIpc) is 3.11. The summed E-state index contributed by atoms with van der Waals surface area (Å²) in [6, 6.07) is 4.52. The summed E-state index contributed by atoms with van der Waals surface area (Å²) in [6.07, 6.45) is 4.31. The molecule has 2 fully saturated rings. The first kappa shape index (κ1) is 19.8. The molecule has 0 radical (unpaired) electrons. The number of carboxylic acid groups (broad SMARTS) is 1. The summed E-state index contributed by atoms with van der Waals surface area (Å²) in [6.45, 7) is 2.75. The van der Waals surface area contributed by atoms with Gasteiger partial charge in [0.2, 0.25) is 10.0 Å². The Morgan fingerprint density at radius 1 is 1.15 bits per heavy atom. The van der Waals surface area contributed by atoms with Gasteiger partial charge in [-0.3, -0.25) is 9.59 Å². The second kappa shape index (κ2) is 7.98. The van der Waals surface area contributed by atoms with Crippen LogP contribution >= 0.6 is 0 Å². The molecule has 1 saturated carbocycles. The number of amides is 1. The number of sulfonamides is 1. The first-order valence-corrected chi connectivity index (χ1v) is 10.9. The zero-order valence-corrected chi connectivity index (χ0v) is 16.3. The minimum atomic E-state index is -3.62. The number of aliphatic carboxylic acids is 1.